The third-order valence-electron chi connectivity index (χ3n) is 3.81. The summed E-state index contributed by atoms with van der Waals surface area (Å²) in [5, 5.41) is 2.63. The van der Waals surface area contributed by atoms with E-state index < -0.39 is 40.4 Å². The summed E-state index contributed by atoms with van der Waals surface area (Å²) in [5.41, 5.74) is 0.0115. The van der Waals surface area contributed by atoms with Crippen molar-refractivity contribution in [3.63, 3.8) is 0 Å². The molecule has 3 rings (SSSR count). The summed E-state index contributed by atoms with van der Waals surface area (Å²) in [6, 6.07) is 11.8. The molecule has 1 N–H and O–H groups in total. The first-order valence-corrected chi connectivity index (χ1v) is 10.1. The minimum Gasteiger partial charge on any atom is -0.335 e. The summed E-state index contributed by atoms with van der Waals surface area (Å²) in [6.07, 6.45) is -1.28. The Morgan fingerprint density at radius 3 is 2.54 bits per heavy atom. The summed E-state index contributed by atoms with van der Waals surface area (Å²) >= 11 is 1.96. The number of anilines is 1. The van der Waals surface area contributed by atoms with Gasteiger partial charge in [-0.3, -0.25) is 4.79 Å². The van der Waals surface area contributed by atoms with Gasteiger partial charge in [-0.15, -0.1) is 4.40 Å². The topological polar surface area (TPSA) is 75.6 Å². The number of nitrogens with zero attached hydrogens (tertiary/aromatic N) is 1. The molecule has 0 bridgehead atoms. The smallest absolute Gasteiger partial charge is 0.286 e. The third-order valence-corrected chi connectivity index (χ3v) is 5.80. The molecule has 9 heteroatoms. The molecule has 5 nitrogen and oxygen atoms in total. The van der Waals surface area contributed by atoms with Gasteiger partial charge in [0.25, 0.3) is 15.9 Å². The number of alkyl halides is 2. The number of amidine groups is 1. The van der Waals surface area contributed by atoms with Crippen molar-refractivity contribution >= 4 is 49.9 Å². The lowest BCUT2D eigenvalue weighted by Gasteiger charge is -2.19. The number of carbonyl (C=O) groups is 1. The Bertz CT molecular complexity index is 992. The molecule has 1 heterocycles. The normalized spacial score (nSPS) is 15.6. The van der Waals surface area contributed by atoms with Gasteiger partial charge in [-0.05, 0) is 40.8 Å². The number of fused-ring (bicyclic) bond motifs is 1. The predicted octanol–water partition coefficient (Wildman–Crippen LogP) is 3.95. The molecule has 0 aliphatic carbocycles. The van der Waals surface area contributed by atoms with Gasteiger partial charge in [0.05, 0.1) is 5.69 Å². The quantitative estimate of drug-likeness (QED) is 0.645. The minimum absolute atomic E-state index is 0.0458. The second-order valence-corrected chi connectivity index (χ2v) is 8.49. The summed E-state index contributed by atoms with van der Waals surface area (Å²) < 4.78 is 57.0. The second kappa shape index (κ2) is 7.03. The number of benzene rings is 2. The molecule has 0 saturated carbocycles. The van der Waals surface area contributed by atoms with Crippen LogP contribution in [0.4, 0.5) is 14.5 Å². The van der Waals surface area contributed by atoms with Crippen LogP contribution in [0.3, 0.4) is 0 Å². The molecule has 0 unspecified atom stereocenters. The van der Waals surface area contributed by atoms with E-state index >= 15 is 0 Å². The van der Waals surface area contributed by atoms with Gasteiger partial charge in [0, 0.05) is 22.0 Å². The average molecular weight is 490 g/mol. The molecule has 1 aliphatic heterocycles. The average Bonchev–Trinajstić information content (AvgIpc) is 2.60. The van der Waals surface area contributed by atoms with E-state index in [0.29, 0.717) is 3.57 Å². The SMILES string of the molecule is O=C(CCC(F)(F)c1ccccc1)C1=NS(=O)(=O)c2cc(I)ccc2N1. The number of halogens is 3. The van der Waals surface area contributed by atoms with Gasteiger partial charge in [0.15, 0.2) is 11.6 Å². The van der Waals surface area contributed by atoms with E-state index in [1.165, 1.54) is 36.4 Å². The highest BCUT2D eigenvalue weighted by Gasteiger charge is 2.34. The fraction of sp³-hybridized carbons (Fsp3) is 0.176. The highest BCUT2D eigenvalue weighted by Crippen LogP contribution is 2.33. The van der Waals surface area contributed by atoms with Crippen LogP contribution < -0.4 is 5.32 Å². The van der Waals surface area contributed by atoms with Crippen LogP contribution in [0, 0.1) is 3.57 Å². The van der Waals surface area contributed by atoms with E-state index in [0.717, 1.165) is 0 Å². The van der Waals surface area contributed by atoms with Gasteiger partial charge in [-0.1, -0.05) is 30.3 Å². The van der Waals surface area contributed by atoms with Gasteiger partial charge >= 0.3 is 0 Å². The molecule has 136 valence electrons. The van der Waals surface area contributed by atoms with E-state index in [9.17, 15) is 22.0 Å². The highest BCUT2D eigenvalue weighted by molar-refractivity contribution is 14.1. The number of nitrogens with one attached hydrogen (secondary N) is 1. The highest BCUT2D eigenvalue weighted by atomic mass is 127. The molecule has 0 atom stereocenters. The van der Waals surface area contributed by atoms with Crippen LogP contribution in [0.5, 0.6) is 0 Å². The summed E-state index contributed by atoms with van der Waals surface area (Å²) in [7, 11) is -4.05. The molecule has 0 amide bonds. The van der Waals surface area contributed by atoms with Crippen LogP contribution in [0.2, 0.25) is 0 Å². The van der Waals surface area contributed by atoms with Crippen molar-refractivity contribution in [2.24, 2.45) is 4.40 Å². The number of hydrogen-bond donors (Lipinski definition) is 1. The molecule has 26 heavy (non-hydrogen) atoms. The van der Waals surface area contributed by atoms with Crippen molar-refractivity contribution in [2.75, 3.05) is 5.32 Å². The Morgan fingerprint density at radius 2 is 1.85 bits per heavy atom. The monoisotopic (exact) mass is 490 g/mol. The molecule has 0 fully saturated rings. The Morgan fingerprint density at radius 1 is 1.15 bits per heavy atom. The number of hydrogen-bond acceptors (Lipinski definition) is 4. The maximum Gasteiger partial charge on any atom is 0.286 e. The first kappa shape index (κ1) is 18.9. The zero-order valence-electron chi connectivity index (χ0n) is 13.2. The maximum atomic E-state index is 14.2. The van der Waals surface area contributed by atoms with Crippen molar-refractivity contribution < 1.29 is 22.0 Å². The number of Topliss-reactive ketones (excluding diaryl/α,β-unsaturated/α-hetero) is 1. The van der Waals surface area contributed by atoms with Crippen LogP contribution in [0.15, 0.2) is 57.8 Å². The van der Waals surface area contributed by atoms with Crippen molar-refractivity contribution in [3.05, 3.63) is 57.7 Å². The molecule has 2 aromatic rings. The summed E-state index contributed by atoms with van der Waals surface area (Å²) in [6.45, 7) is 0. The Labute approximate surface area is 162 Å². The van der Waals surface area contributed by atoms with E-state index in [1.807, 2.05) is 22.6 Å². The first-order chi connectivity index (χ1) is 12.2. The van der Waals surface area contributed by atoms with Crippen molar-refractivity contribution in [1.82, 2.24) is 0 Å². The van der Waals surface area contributed by atoms with Gasteiger partial charge < -0.3 is 5.32 Å². The molecule has 0 saturated heterocycles. The van der Waals surface area contributed by atoms with Gasteiger partial charge in [-0.2, -0.15) is 8.42 Å². The minimum atomic E-state index is -4.05. The second-order valence-electron chi connectivity index (χ2n) is 5.67. The van der Waals surface area contributed by atoms with Crippen molar-refractivity contribution in [2.45, 2.75) is 23.7 Å². The number of sulfonamides is 1. The fourth-order valence-corrected chi connectivity index (χ4v) is 4.33. The molecule has 1 aliphatic rings. The van der Waals surface area contributed by atoms with Gasteiger partial charge in [0.2, 0.25) is 0 Å². The van der Waals surface area contributed by atoms with Crippen LogP contribution in [0.1, 0.15) is 18.4 Å². The zero-order chi connectivity index (χ0) is 18.9. The van der Waals surface area contributed by atoms with Crippen molar-refractivity contribution in [1.29, 1.82) is 0 Å². The van der Waals surface area contributed by atoms with E-state index in [2.05, 4.69) is 9.71 Å². The lowest BCUT2D eigenvalue weighted by molar-refractivity contribution is -0.115. The van der Waals surface area contributed by atoms with Crippen LogP contribution >= 0.6 is 22.6 Å². The summed E-state index contributed by atoms with van der Waals surface area (Å²) in [5.74, 6) is -4.42. The van der Waals surface area contributed by atoms with E-state index in [1.54, 1.807) is 12.1 Å². The van der Waals surface area contributed by atoms with E-state index in [-0.39, 0.29) is 16.1 Å². The van der Waals surface area contributed by atoms with Crippen LogP contribution in [-0.4, -0.2) is 20.0 Å². The molecule has 2 aromatic carbocycles. The maximum absolute atomic E-state index is 14.2. The first-order valence-electron chi connectivity index (χ1n) is 7.57. The fourth-order valence-electron chi connectivity index (χ4n) is 2.47. The predicted molar refractivity (Wildman–Crippen MR) is 102 cm³/mol. The standard InChI is InChI=1S/C17H13F2IN2O3S/c18-17(19,11-4-2-1-3-5-11)9-8-14(23)16-21-13-7-6-12(20)10-15(13)26(24,25)22-16/h1-7,10H,8-9H2,(H,21,22). The lowest BCUT2D eigenvalue weighted by Crippen LogP contribution is -2.30. The molecule has 0 radical (unpaired) electrons. The van der Waals surface area contributed by atoms with Gasteiger partial charge in [-0.25, -0.2) is 8.78 Å². The number of carbonyl (C=O) groups excluding carboxylic acids is 1. The van der Waals surface area contributed by atoms with Crippen molar-refractivity contribution in [3.8, 4) is 0 Å². The van der Waals surface area contributed by atoms with E-state index in [4.69, 9.17) is 0 Å². The van der Waals surface area contributed by atoms with Crippen LogP contribution in [-0.2, 0) is 20.7 Å². The third kappa shape index (κ3) is 3.93. The molecule has 0 spiro atoms. The Balaban J connectivity index is 1.77. The van der Waals surface area contributed by atoms with Gasteiger partial charge in [0.1, 0.15) is 4.90 Å². The van der Waals surface area contributed by atoms with Crippen LogP contribution in [0.25, 0.3) is 0 Å². The largest absolute Gasteiger partial charge is 0.335 e. The summed E-state index contributed by atoms with van der Waals surface area (Å²) in [4.78, 5) is 12.2. The number of rotatable bonds is 5. The molecular weight excluding hydrogens is 477 g/mol. The zero-order valence-corrected chi connectivity index (χ0v) is 16.2. The molecular formula is C17H13F2IN2O3S. The lowest BCUT2D eigenvalue weighted by atomic mass is 10.0. The number of ketones is 1. The molecule has 0 aromatic heterocycles. The Hall–Kier alpha value is -1.88. The Kier molecular flexibility index (Phi) is 5.11.